The van der Waals surface area contributed by atoms with Crippen LogP contribution in [-0.4, -0.2) is 29.8 Å². The Morgan fingerprint density at radius 1 is 1.33 bits per heavy atom. The Labute approximate surface area is 107 Å². The zero-order valence-electron chi connectivity index (χ0n) is 10.6. The molecule has 4 nitrogen and oxygen atoms in total. The van der Waals surface area contributed by atoms with Gasteiger partial charge in [0, 0.05) is 12.8 Å². The summed E-state index contributed by atoms with van der Waals surface area (Å²) in [5, 5.41) is 12.7. The van der Waals surface area contributed by atoms with E-state index in [0.717, 1.165) is 18.5 Å². The van der Waals surface area contributed by atoms with Gasteiger partial charge in [-0.15, -0.1) is 0 Å². The third kappa shape index (κ3) is 2.64. The first-order chi connectivity index (χ1) is 8.66. The van der Waals surface area contributed by atoms with Gasteiger partial charge in [0.15, 0.2) is 0 Å². The zero-order valence-corrected chi connectivity index (χ0v) is 10.6. The molecule has 0 amide bonds. The lowest BCUT2D eigenvalue weighted by molar-refractivity contribution is -0.144. The normalized spacial score (nSPS) is 27.7. The van der Waals surface area contributed by atoms with E-state index in [1.54, 1.807) is 7.11 Å². The van der Waals surface area contributed by atoms with E-state index >= 15 is 0 Å². The van der Waals surface area contributed by atoms with Crippen molar-refractivity contribution in [3.05, 3.63) is 30.3 Å². The first kappa shape index (κ1) is 12.9. The van der Waals surface area contributed by atoms with Crippen LogP contribution in [-0.2, 0) is 9.53 Å². The van der Waals surface area contributed by atoms with Gasteiger partial charge in [-0.05, 0) is 37.8 Å². The summed E-state index contributed by atoms with van der Waals surface area (Å²) >= 11 is 0. The topological polar surface area (TPSA) is 58.6 Å². The maximum atomic E-state index is 11.6. The molecule has 0 unspecified atom stereocenters. The predicted molar refractivity (Wildman–Crippen MR) is 69.7 cm³/mol. The van der Waals surface area contributed by atoms with Crippen molar-refractivity contribution in [2.24, 2.45) is 0 Å². The number of nitrogens with one attached hydrogen (secondary N) is 1. The molecule has 18 heavy (non-hydrogen) atoms. The van der Waals surface area contributed by atoms with Gasteiger partial charge < -0.3 is 15.2 Å². The van der Waals surface area contributed by atoms with Crippen LogP contribution in [0.4, 0.5) is 5.69 Å². The summed E-state index contributed by atoms with van der Waals surface area (Å²) in [6.45, 7) is 0. The van der Waals surface area contributed by atoms with Crippen LogP contribution in [0.15, 0.2) is 30.3 Å². The van der Waals surface area contributed by atoms with E-state index in [0.29, 0.717) is 12.8 Å². The molecule has 98 valence electrons. The minimum atomic E-state index is -0.851. The van der Waals surface area contributed by atoms with Crippen LogP contribution in [0.25, 0.3) is 0 Å². The van der Waals surface area contributed by atoms with Crippen LogP contribution in [0.1, 0.15) is 25.7 Å². The first-order valence-corrected chi connectivity index (χ1v) is 6.26. The highest BCUT2D eigenvalue weighted by Crippen LogP contribution is 2.33. The summed E-state index contributed by atoms with van der Waals surface area (Å²) in [6.07, 6.45) is 2.94. The van der Waals surface area contributed by atoms with E-state index in [-0.39, 0.29) is 6.10 Å². The Hall–Kier alpha value is -1.55. The Kier molecular flexibility index (Phi) is 3.87. The van der Waals surface area contributed by atoms with Gasteiger partial charge in [-0.25, -0.2) is 4.79 Å². The summed E-state index contributed by atoms with van der Waals surface area (Å²) in [6, 6.07) is 9.51. The highest BCUT2D eigenvalue weighted by atomic mass is 16.5. The average Bonchev–Trinajstić information content (AvgIpc) is 2.40. The Bertz CT molecular complexity index is 397. The standard InChI is InChI=1S/C14H19NO3/c1-18-12-7-9-14(10-8-12,13(16)17)15-11-5-3-2-4-6-11/h2-6,12,15H,7-10H2,1H3,(H,16,17). The molecule has 0 atom stereocenters. The van der Waals surface area contributed by atoms with Crippen LogP contribution in [0.2, 0.25) is 0 Å². The molecule has 0 spiro atoms. The SMILES string of the molecule is COC1CCC(Nc2ccccc2)(C(=O)O)CC1. The fourth-order valence-electron chi connectivity index (χ4n) is 2.51. The summed E-state index contributed by atoms with van der Waals surface area (Å²) in [5.41, 5.74) is 0.00638. The first-order valence-electron chi connectivity index (χ1n) is 6.26. The van der Waals surface area contributed by atoms with Gasteiger partial charge in [0.05, 0.1) is 6.10 Å². The third-order valence-corrected chi connectivity index (χ3v) is 3.69. The highest BCUT2D eigenvalue weighted by molar-refractivity contribution is 5.83. The Morgan fingerprint density at radius 3 is 2.44 bits per heavy atom. The third-order valence-electron chi connectivity index (χ3n) is 3.69. The van der Waals surface area contributed by atoms with Crippen LogP contribution in [0.3, 0.4) is 0 Å². The van der Waals surface area contributed by atoms with Crippen molar-refractivity contribution < 1.29 is 14.6 Å². The minimum Gasteiger partial charge on any atom is -0.480 e. The summed E-state index contributed by atoms with van der Waals surface area (Å²) < 4.78 is 5.29. The number of para-hydroxylation sites is 1. The molecule has 1 aromatic rings. The van der Waals surface area contributed by atoms with E-state index in [9.17, 15) is 9.90 Å². The zero-order chi connectivity index (χ0) is 13.0. The Morgan fingerprint density at radius 2 is 1.94 bits per heavy atom. The quantitative estimate of drug-likeness (QED) is 0.860. The molecule has 4 heteroatoms. The van der Waals surface area contributed by atoms with Crippen LogP contribution in [0.5, 0.6) is 0 Å². The molecule has 1 fully saturated rings. The summed E-state index contributed by atoms with van der Waals surface area (Å²) in [4.78, 5) is 11.6. The van der Waals surface area contributed by atoms with Crippen molar-refractivity contribution in [2.45, 2.75) is 37.3 Å². The second-order valence-electron chi connectivity index (χ2n) is 4.81. The van der Waals surface area contributed by atoms with Crippen molar-refractivity contribution in [2.75, 3.05) is 12.4 Å². The molecule has 0 aliphatic heterocycles. The molecule has 1 aromatic carbocycles. The maximum absolute atomic E-state index is 11.6. The Balaban J connectivity index is 2.12. The van der Waals surface area contributed by atoms with E-state index in [2.05, 4.69) is 5.32 Å². The van der Waals surface area contributed by atoms with Gasteiger partial charge in [0.1, 0.15) is 5.54 Å². The molecule has 0 bridgehead atoms. The van der Waals surface area contributed by atoms with Crippen LogP contribution in [0, 0.1) is 0 Å². The lowest BCUT2D eigenvalue weighted by Crippen LogP contribution is -2.50. The molecule has 0 aromatic heterocycles. The highest BCUT2D eigenvalue weighted by Gasteiger charge is 2.42. The molecular formula is C14H19NO3. The number of carboxylic acids is 1. The van der Waals surface area contributed by atoms with Crippen molar-refractivity contribution >= 4 is 11.7 Å². The summed E-state index contributed by atoms with van der Waals surface area (Å²) in [5.74, 6) is -0.777. The summed E-state index contributed by atoms with van der Waals surface area (Å²) in [7, 11) is 1.68. The van der Waals surface area contributed by atoms with Crippen LogP contribution < -0.4 is 5.32 Å². The van der Waals surface area contributed by atoms with Crippen molar-refractivity contribution in [1.29, 1.82) is 0 Å². The van der Waals surface area contributed by atoms with Gasteiger partial charge in [0.2, 0.25) is 0 Å². The smallest absolute Gasteiger partial charge is 0.329 e. The minimum absolute atomic E-state index is 0.190. The van der Waals surface area contributed by atoms with Crippen molar-refractivity contribution in [3.63, 3.8) is 0 Å². The van der Waals surface area contributed by atoms with E-state index in [1.807, 2.05) is 30.3 Å². The maximum Gasteiger partial charge on any atom is 0.329 e. The number of methoxy groups -OCH3 is 1. The van der Waals surface area contributed by atoms with E-state index < -0.39 is 11.5 Å². The molecular weight excluding hydrogens is 230 g/mol. The van der Waals surface area contributed by atoms with Crippen molar-refractivity contribution in [3.8, 4) is 0 Å². The second-order valence-corrected chi connectivity index (χ2v) is 4.81. The lowest BCUT2D eigenvalue weighted by atomic mass is 9.80. The number of ether oxygens (including phenoxy) is 1. The monoisotopic (exact) mass is 249 g/mol. The predicted octanol–water partition coefficient (Wildman–Crippen LogP) is 2.51. The van der Waals surface area contributed by atoms with E-state index in [1.165, 1.54) is 0 Å². The molecule has 0 heterocycles. The largest absolute Gasteiger partial charge is 0.480 e. The fourth-order valence-corrected chi connectivity index (χ4v) is 2.51. The average molecular weight is 249 g/mol. The lowest BCUT2D eigenvalue weighted by Gasteiger charge is -2.37. The van der Waals surface area contributed by atoms with Gasteiger partial charge in [-0.1, -0.05) is 18.2 Å². The van der Waals surface area contributed by atoms with Gasteiger partial charge in [-0.3, -0.25) is 0 Å². The van der Waals surface area contributed by atoms with Gasteiger partial charge in [0.25, 0.3) is 0 Å². The van der Waals surface area contributed by atoms with Crippen molar-refractivity contribution in [1.82, 2.24) is 0 Å². The number of hydrogen-bond donors (Lipinski definition) is 2. The number of carbonyl (C=O) groups is 1. The molecule has 2 N–H and O–H groups in total. The molecule has 0 radical (unpaired) electrons. The molecule has 1 saturated carbocycles. The fraction of sp³-hybridized carbons (Fsp3) is 0.500. The molecule has 1 aliphatic rings. The number of rotatable bonds is 4. The molecule has 0 saturated heterocycles. The van der Waals surface area contributed by atoms with E-state index in [4.69, 9.17) is 4.74 Å². The van der Waals surface area contributed by atoms with Gasteiger partial charge >= 0.3 is 5.97 Å². The number of aliphatic carboxylic acids is 1. The number of hydrogen-bond acceptors (Lipinski definition) is 3. The molecule has 2 rings (SSSR count). The number of carboxylic acid groups (broad SMARTS) is 1. The number of anilines is 1. The number of benzene rings is 1. The second kappa shape index (κ2) is 5.40. The molecule has 1 aliphatic carbocycles. The van der Waals surface area contributed by atoms with Gasteiger partial charge in [-0.2, -0.15) is 0 Å². The van der Waals surface area contributed by atoms with Crippen LogP contribution >= 0.6 is 0 Å².